The van der Waals surface area contributed by atoms with Crippen molar-refractivity contribution >= 4 is 21.8 Å². The average Bonchev–Trinajstić information content (AvgIpc) is 2.29. The Morgan fingerprint density at radius 3 is 2.67 bits per heavy atom. The number of carbonyl (C=O) groups excluding carboxylic acids is 1. The van der Waals surface area contributed by atoms with Crippen molar-refractivity contribution in [3.63, 3.8) is 0 Å². The third-order valence-electron chi connectivity index (χ3n) is 3.94. The molecule has 1 aromatic carbocycles. The first-order chi connectivity index (χ1) is 8.65. The molecular weight excluding hydrogens is 290 g/mol. The van der Waals surface area contributed by atoms with Gasteiger partial charge in [0.1, 0.15) is 0 Å². The minimum Gasteiger partial charge on any atom is -0.335 e. The molecule has 2 rings (SSSR count). The Balaban J connectivity index is 2.24. The molecule has 1 fully saturated rings. The molecule has 0 heterocycles. The van der Waals surface area contributed by atoms with Crippen LogP contribution in [0.25, 0.3) is 0 Å². The molecule has 0 N–H and O–H groups in total. The van der Waals surface area contributed by atoms with Crippen molar-refractivity contribution in [3.05, 3.63) is 34.9 Å². The monoisotopic (exact) mass is 309 g/mol. The van der Waals surface area contributed by atoms with Crippen molar-refractivity contribution in [2.45, 2.75) is 39.2 Å². The summed E-state index contributed by atoms with van der Waals surface area (Å²) >= 11 is 3.45. The lowest BCUT2D eigenvalue weighted by Crippen LogP contribution is -2.45. The molecule has 1 aliphatic rings. The van der Waals surface area contributed by atoms with Crippen LogP contribution in [-0.4, -0.2) is 28.7 Å². The van der Waals surface area contributed by atoms with Crippen molar-refractivity contribution in [2.24, 2.45) is 0 Å². The highest BCUT2D eigenvalue weighted by atomic mass is 79.9. The second-order valence-corrected chi connectivity index (χ2v) is 5.81. The van der Waals surface area contributed by atoms with Gasteiger partial charge in [0, 0.05) is 23.5 Å². The highest BCUT2D eigenvalue weighted by Gasteiger charge is 2.29. The Morgan fingerprint density at radius 2 is 2.11 bits per heavy atom. The molecule has 1 amide bonds. The molecule has 0 unspecified atom stereocenters. The Hall–Kier alpha value is -0.830. The summed E-state index contributed by atoms with van der Waals surface area (Å²) in [5.41, 5.74) is 3.16. The fourth-order valence-electron chi connectivity index (χ4n) is 2.38. The van der Waals surface area contributed by atoms with E-state index in [1.807, 2.05) is 24.0 Å². The number of benzene rings is 1. The Labute approximate surface area is 117 Å². The molecule has 3 heteroatoms. The summed E-state index contributed by atoms with van der Waals surface area (Å²) in [7, 11) is 0. The van der Waals surface area contributed by atoms with Crippen LogP contribution in [0.5, 0.6) is 0 Å². The van der Waals surface area contributed by atoms with Crippen LogP contribution in [0.3, 0.4) is 0 Å². The lowest BCUT2D eigenvalue weighted by Gasteiger charge is -2.37. The van der Waals surface area contributed by atoms with Gasteiger partial charge in [-0.15, -0.1) is 0 Å². The fourth-order valence-corrected chi connectivity index (χ4v) is 2.76. The molecule has 0 saturated heterocycles. The van der Waals surface area contributed by atoms with Gasteiger partial charge < -0.3 is 4.90 Å². The van der Waals surface area contributed by atoms with E-state index in [0.29, 0.717) is 6.04 Å². The van der Waals surface area contributed by atoms with E-state index in [2.05, 4.69) is 28.9 Å². The smallest absolute Gasteiger partial charge is 0.254 e. The SMILES string of the molecule is Cc1cccc(C(=O)N(CCBr)C2CCC2)c1C. The molecule has 2 nitrogen and oxygen atoms in total. The summed E-state index contributed by atoms with van der Waals surface area (Å²) in [6, 6.07) is 6.44. The van der Waals surface area contributed by atoms with Crippen LogP contribution in [0.15, 0.2) is 18.2 Å². The van der Waals surface area contributed by atoms with Crippen LogP contribution in [0.4, 0.5) is 0 Å². The van der Waals surface area contributed by atoms with E-state index < -0.39 is 0 Å². The Kier molecular flexibility index (Phi) is 4.44. The van der Waals surface area contributed by atoms with Gasteiger partial charge in [-0.2, -0.15) is 0 Å². The van der Waals surface area contributed by atoms with E-state index in [0.717, 1.165) is 35.8 Å². The number of hydrogen-bond donors (Lipinski definition) is 0. The molecule has 0 aromatic heterocycles. The maximum absolute atomic E-state index is 12.6. The number of hydrogen-bond acceptors (Lipinski definition) is 1. The zero-order chi connectivity index (χ0) is 13.1. The average molecular weight is 310 g/mol. The summed E-state index contributed by atoms with van der Waals surface area (Å²) < 4.78 is 0. The molecular formula is C15H20BrNO. The zero-order valence-electron chi connectivity index (χ0n) is 11.1. The van der Waals surface area contributed by atoms with Gasteiger partial charge in [0.15, 0.2) is 0 Å². The largest absolute Gasteiger partial charge is 0.335 e. The van der Waals surface area contributed by atoms with E-state index in [1.165, 1.54) is 12.0 Å². The highest BCUT2D eigenvalue weighted by molar-refractivity contribution is 9.09. The summed E-state index contributed by atoms with van der Waals surface area (Å²) in [6.45, 7) is 4.90. The number of aryl methyl sites for hydroxylation is 1. The molecule has 0 bridgehead atoms. The number of nitrogens with zero attached hydrogens (tertiary/aromatic N) is 1. The minimum absolute atomic E-state index is 0.195. The summed E-state index contributed by atoms with van der Waals surface area (Å²) in [5, 5.41) is 0.847. The normalized spacial score (nSPS) is 15.3. The van der Waals surface area contributed by atoms with Crippen LogP contribution in [0.1, 0.15) is 40.7 Å². The van der Waals surface area contributed by atoms with E-state index in [-0.39, 0.29) is 5.91 Å². The van der Waals surface area contributed by atoms with Crippen molar-refractivity contribution < 1.29 is 4.79 Å². The first-order valence-electron chi connectivity index (χ1n) is 6.58. The van der Waals surface area contributed by atoms with Crippen molar-refractivity contribution in [1.82, 2.24) is 4.90 Å². The summed E-state index contributed by atoms with van der Waals surface area (Å²) in [6.07, 6.45) is 3.57. The highest BCUT2D eigenvalue weighted by Crippen LogP contribution is 2.27. The van der Waals surface area contributed by atoms with Gasteiger partial charge in [0.2, 0.25) is 0 Å². The van der Waals surface area contributed by atoms with Gasteiger partial charge in [0.05, 0.1) is 0 Å². The molecule has 1 aliphatic carbocycles. The molecule has 1 saturated carbocycles. The third kappa shape index (κ3) is 2.61. The van der Waals surface area contributed by atoms with Crippen LogP contribution in [0, 0.1) is 13.8 Å². The number of amides is 1. The second kappa shape index (κ2) is 5.87. The minimum atomic E-state index is 0.195. The van der Waals surface area contributed by atoms with Gasteiger partial charge in [-0.25, -0.2) is 0 Å². The maximum Gasteiger partial charge on any atom is 0.254 e. The maximum atomic E-state index is 12.6. The molecule has 0 spiro atoms. The molecule has 0 aliphatic heterocycles. The number of carbonyl (C=O) groups is 1. The first-order valence-corrected chi connectivity index (χ1v) is 7.70. The van der Waals surface area contributed by atoms with Crippen molar-refractivity contribution in [2.75, 3.05) is 11.9 Å². The predicted octanol–water partition coefficient (Wildman–Crippen LogP) is 3.69. The van der Waals surface area contributed by atoms with Crippen molar-refractivity contribution in [1.29, 1.82) is 0 Å². The van der Waals surface area contributed by atoms with Gasteiger partial charge in [-0.1, -0.05) is 28.1 Å². The van der Waals surface area contributed by atoms with Crippen LogP contribution in [0.2, 0.25) is 0 Å². The van der Waals surface area contributed by atoms with E-state index >= 15 is 0 Å². The van der Waals surface area contributed by atoms with Crippen LogP contribution >= 0.6 is 15.9 Å². The van der Waals surface area contributed by atoms with E-state index in [1.54, 1.807) is 0 Å². The number of halogens is 1. The van der Waals surface area contributed by atoms with Gasteiger partial charge in [0.25, 0.3) is 5.91 Å². The Morgan fingerprint density at radius 1 is 1.39 bits per heavy atom. The molecule has 18 heavy (non-hydrogen) atoms. The lowest BCUT2D eigenvalue weighted by atomic mass is 9.90. The summed E-state index contributed by atoms with van der Waals surface area (Å²) in [5.74, 6) is 0.195. The second-order valence-electron chi connectivity index (χ2n) is 5.02. The zero-order valence-corrected chi connectivity index (χ0v) is 12.7. The van der Waals surface area contributed by atoms with Gasteiger partial charge >= 0.3 is 0 Å². The fraction of sp³-hybridized carbons (Fsp3) is 0.533. The standard InChI is InChI=1S/C15H20BrNO/c1-11-5-3-8-14(12(11)2)15(18)17(10-9-16)13-6-4-7-13/h3,5,8,13H,4,6-7,9-10H2,1-2H3. The molecule has 0 radical (unpaired) electrons. The number of rotatable bonds is 4. The molecule has 98 valence electrons. The van der Waals surface area contributed by atoms with Gasteiger partial charge in [-0.3, -0.25) is 4.79 Å². The third-order valence-corrected chi connectivity index (χ3v) is 4.29. The number of alkyl halides is 1. The molecule has 1 aromatic rings. The predicted molar refractivity (Wildman–Crippen MR) is 78.4 cm³/mol. The summed E-state index contributed by atoms with van der Waals surface area (Å²) in [4.78, 5) is 14.7. The van der Waals surface area contributed by atoms with Crippen molar-refractivity contribution in [3.8, 4) is 0 Å². The van der Waals surface area contributed by atoms with Crippen LogP contribution in [-0.2, 0) is 0 Å². The Bertz CT molecular complexity index is 440. The van der Waals surface area contributed by atoms with E-state index in [4.69, 9.17) is 0 Å². The first kappa shape index (κ1) is 13.6. The topological polar surface area (TPSA) is 20.3 Å². The van der Waals surface area contributed by atoms with E-state index in [9.17, 15) is 4.79 Å². The van der Waals surface area contributed by atoms with Crippen LogP contribution < -0.4 is 0 Å². The quantitative estimate of drug-likeness (QED) is 0.777. The van der Waals surface area contributed by atoms with Gasteiger partial charge in [-0.05, 0) is 50.3 Å². The molecule has 0 atom stereocenters. The lowest BCUT2D eigenvalue weighted by molar-refractivity contribution is 0.0598.